The van der Waals surface area contributed by atoms with Gasteiger partial charge in [0.05, 0.1) is 18.8 Å². The number of nitrogens with one attached hydrogen (secondary N) is 1. The first-order chi connectivity index (χ1) is 11.7. The average molecular weight is 324 g/mol. The van der Waals surface area contributed by atoms with E-state index >= 15 is 0 Å². The molecule has 6 nitrogen and oxygen atoms in total. The Morgan fingerprint density at radius 1 is 1.21 bits per heavy atom. The lowest BCUT2D eigenvalue weighted by Gasteiger charge is -2.17. The summed E-state index contributed by atoms with van der Waals surface area (Å²) in [6.07, 6.45) is 5.84. The molecule has 2 heterocycles. The van der Waals surface area contributed by atoms with Gasteiger partial charge in [-0.1, -0.05) is 30.3 Å². The van der Waals surface area contributed by atoms with E-state index in [2.05, 4.69) is 10.4 Å². The number of carbonyl (C=O) groups is 1. The molecule has 1 unspecified atom stereocenters. The highest BCUT2D eigenvalue weighted by atomic mass is 16.3. The highest BCUT2D eigenvalue weighted by molar-refractivity contribution is 5.97. The van der Waals surface area contributed by atoms with Crippen LogP contribution in [0.4, 0.5) is 0 Å². The molecule has 0 aliphatic heterocycles. The Morgan fingerprint density at radius 3 is 2.58 bits per heavy atom. The smallest absolute Gasteiger partial charge is 0.257 e. The van der Waals surface area contributed by atoms with Crippen LogP contribution in [0.3, 0.4) is 0 Å². The fourth-order valence-electron chi connectivity index (χ4n) is 2.70. The highest BCUT2D eigenvalue weighted by Crippen LogP contribution is 2.14. The number of hydrogen-bond donors (Lipinski definition) is 2. The van der Waals surface area contributed by atoms with Gasteiger partial charge in [0, 0.05) is 19.4 Å². The number of nitrogens with zero attached hydrogens (tertiary/aromatic N) is 3. The predicted octanol–water partition coefficient (Wildman–Crippen LogP) is 1.54. The number of amides is 1. The van der Waals surface area contributed by atoms with Crippen LogP contribution >= 0.6 is 0 Å². The van der Waals surface area contributed by atoms with E-state index in [4.69, 9.17) is 0 Å². The van der Waals surface area contributed by atoms with Crippen LogP contribution < -0.4 is 5.32 Å². The van der Waals surface area contributed by atoms with E-state index < -0.39 is 0 Å². The molecule has 1 aromatic carbocycles. The van der Waals surface area contributed by atoms with Crippen molar-refractivity contribution in [3.8, 4) is 5.82 Å². The van der Waals surface area contributed by atoms with Gasteiger partial charge in [0.15, 0.2) is 0 Å². The van der Waals surface area contributed by atoms with Gasteiger partial charge >= 0.3 is 0 Å². The molecular weight excluding hydrogens is 304 g/mol. The highest BCUT2D eigenvalue weighted by Gasteiger charge is 2.20. The molecule has 6 heteroatoms. The molecule has 0 bridgehead atoms. The molecule has 124 valence electrons. The number of aliphatic hydroxyl groups excluding tert-OH is 1. The molecule has 0 aliphatic carbocycles. The van der Waals surface area contributed by atoms with Crippen LogP contribution in [0.15, 0.2) is 61.1 Å². The largest absolute Gasteiger partial charge is 0.394 e. The van der Waals surface area contributed by atoms with Crippen molar-refractivity contribution in [2.24, 2.45) is 7.05 Å². The monoisotopic (exact) mass is 324 g/mol. The van der Waals surface area contributed by atoms with E-state index in [-0.39, 0.29) is 18.6 Å². The Balaban J connectivity index is 1.77. The summed E-state index contributed by atoms with van der Waals surface area (Å²) in [5.74, 6) is 0.440. The molecule has 3 rings (SSSR count). The molecule has 1 amide bonds. The lowest BCUT2D eigenvalue weighted by molar-refractivity contribution is 0.0916. The molecule has 3 aromatic rings. The molecule has 0 spiro atoms. The maximum atomic E-state index is 12.6. The van der Waals surface area contributed by atoms with E-state index in [9.17, 15) is 9.90 Å². The predicted molar refractivity (Wildman–Crippen MR) is 91.0 cm³/mol. The normalized spacial score (nSPS) is 12.1. The molecule has 0 fully saturated rings. The Bertz CT molecular complexity index is 794. The summed E-state index contributed by atoms with van der Waals surface area (Å²) in [5.41, 5.74) is 1.54. The molecule has 1 atom stereocenters. The number of aryl methyl sites for hydroxylation is 1. The zero-order valence-corrected chi connectivity index (χ0v) is 13.5. The van der Waals surface area contributed by atoms with Gasteiger partial charge in [-0.25, -0.2) is 0 Å². The second-order valence-corrected chi connectivity index (χ2v) is 5.64. The van der Waals surface area contributed by atoms with Crippen molar-refractivity contribution in [2.45, 2.75) is 12.5 Å². The minimum Gasteiger partial charge on any atom is -0.394 e. The second kappa shape index (κ2) is 7.14. The first-order valence-electron chi connectivity index (χ1n) is 7.80. The zero-order chi connectivity index (χ0) is 16.9. The van der Waals surface area contributed by atoms with Crippen molar-refractivity contribution < 1.29 is 9.90 Å². The van der Waals surface area contributed by atoms with Crippen LogP contribution in [0.25, 0.3) is 5.82 Å². The van der Waals surface area contributed by atoms with Gasteiger partial charge in [-0.3, -0.25) is 9.48 Å². The summed E-state index contributed by atoms with van der Waals surface area (Å²) < 4.78 is 3.49. The molecule has 0 saturated heterocycles. The first-order valence-corrected chi connectivity index (χ1v) is 7.80. The summed E-state index contributed by atoms with van der Waals surface area (Å²) in [6.45, 7) is -0.125. The maximum absolute atomic E-state index is 12.6. The van der Waals surface area contributed by atoms with Crippen LogP contribution in [-0.2, 0) is 13.5 Å². The van der Waals surface area contributed by atoms with Crippen LogP contribution in [0.2, 0.25) is 0 Å². The van der Waals surface area contributed by atoms with E-state index in [1.165, 1.54) is 0 Å². The van der Waals surface area contributed by atoms with Gasteiger partial charge in [0.25, 0.3) is 5.91 Å². The quantitative estimate of drug-likeness (QED) is 0.722. The van der Waals surface area contributed by atoms with E-state index in [0.717, 1.165) is 5.56 Å². The molecule has 2 N–H and O–H groups in total. The standard InChI is InChI=1S/C18H20N4O2/c1-21-18(22-9-5-6-10-22)16(12-19-21)17(24)20-15(13-23)11-14-7-3-2-4-8-14/h2-10,12,15,23H,11,13H2,1H3,(H,20,24). The van der Waals surface area contributed by atoms with Crippen molar-refractivity contribution in [1.29, 1.82) is 0 Å². The van der Waals surface area contributed by atoms with Gasteiger partial charge in [0.2, 0.25) is 0 Å². The number of aromatic nitrogens is 3. The van der Waals surface area contributed by atoms with Crippen LogP contribution in [0.5, 0.6) is 0 Å². The maximum Gasteiger partial charge on any atom is 0.257 e. The molecule has 0 saturated carbocycles. The van der Waals surface area contributed by atoms with Crippen molar-refractivity contribution in [3.63, 3.8) is 0 Å². The Labute approximate surface area is 140 Å². The van der Waals surface area contributed by atoms with Crippen LogP contribution in [0.1, 0.15) is 15.9 Å². The Hall–Kier alpha value is -2.86. The van der Waals surface area contributed by atoms with Gasteiger partial charge < -0.3 is 15.0 Å². The van der Waals surface area contributed by atoms with E-state index in [1.54, 1.807) is 17.9 Å². The summed E-state index contributed by atoms with van der Waals surface area (Å²) in [6, 6.07) is 13.2. The average Bonchev–Trinajstić information content (AvgIpc) is 3.24. The van der Waals surface area contributed by atoms with E-state index in [0.29, 0.717) is 17.8 Å². The van der Waals surface area contributed by atoms with Crippen molar-refractivity contribution in [3.05, 3.63) is 72.2 Å². The summed E-state index contributed by atoms with van der Waals surface area (Å²) in [7, 11) is 1.79. The third kappa shape index (κ3) is 3.38. The van der Waals surface area contributed by atoms with Crippen LogP contribution in [0, 0.1) is 0 Å². The fourth-order valence-corrected chi connectivity index (χ4v) is 2.70. The summed E-state index contributed by atoms with van der Waals surface area (Å²) in [5, 5.41) is 16.7. The second-order valence-electron chi connectivity index (χ2n) is 5.64. The topological polar surface area (TPSA) is 72.1 Å². The number of rotatable bonds is 6. The number of aliphatic hydroxyl groups is 1. The SMILES string of the molecule is Cn1ncc(C(=O)NC(CO)Cc2ccccc2)c1-n1cccc1. The lowest BCUT2D eigenvalue weighted by Crippen LogP contribution is -2.39. The molecule has 0 radical (unpaired) electrons. The Kier molecular flexibility index (Phi) is 4.77. The molecule has 2 aromatic heterocycles. The zero-order valence-electron chi connectivity index (χ0n) is 13.5. The van der Waals surface area contributed by atoms with Crippen molar-refractivity contribution in [1.82, 2.24) is 19.7 Å². The number of carbonyl (C=O) groups excluding carboxylic acids is 1. The summed E-state index contributed by atoms with van der Waals surface area (Å²) >= 11 is 0. The molecular formula is C18H20N4O2. The van der Waals surface area contributed by atoms with Gasteiger partial charge in [-0.15, -0.1) is 0 Å². The van der Waals surface area contributed by atoms with Gasteiger partial charge in [0.1, 0.15) is 11.4 Å². The third-order valence-corrected chi connectivity index (χ3v) is 3.88. The summed E-state index contributed by atoms with van der Waals surface area (Å²) in [4.78, 5) is 12.6. The van der Waals surface area contributed by atoms with Gasteiger partial charge in [-0.05, 0) is 24.1 Å². The van der Waals surface area contributed by atoms with Gasteiger partial charge in [-0.2, -0.15) is 5.10 Å². The first kappa shape index (κ1) is 16.0. The number of hydrogen-bond acceptors (Lipinski definition) is 3. The fraction of sp³-hybridized carbons (Fsp3) is 0.222. The van der Waals surface area contributed by atoms with Crippen LogP contribution in [-0.4, -0.2) is 38.0 Å². The number of benzene rings is 1. The molecule has 24 heavy (non-hydrogen) atoms. The third-order valence-electron chi connectivity index (χ3n) is 3.88. The minimum atomic E-state index is -0.349. The minimum absolute atomic E-state index is 0.125. The van der Waals surface area contributed by atoms with Crippen molar-refractivity contribution in [2.75, 3.05) is 6.61 Å². The Morgan fingerprint density at radius 2 is 1.92 bits per heavy atom. The van der Waals surface area contributed by atoms with Crippen molar-refractivity contribution >= 4 is 5.91 Å². The van der Waals surface area contributed by atoms with E-state index in [1.807, 2.05) is 59.4 Å². The lowest BCUT2D eigenvalue weighted by atomic mass is 10.1. The molecule has 0 aliphatic rings.